The van der Waals surface area contributed by atoms with Gasteiger partial charge in [0.25, 0.3) is 0 Å². The zero-order chi connectivity index (χ0) is 18.1. The second-order valence-corrected chi connectivity index (χ2v) is 5.79. The van der Waals surface area contributed by atoms with Crippen LogP contribution < -0.4 is 14.8 Å². The number of nitrogens with zero attached hydrogens (tertiary/aromatic N) is 2. The van der Waals surface area contributed by atoms with Gasteiger partial charge in [-0.05, 0) is 29.0 Å². The molecule has 138 valence electrons. The van der Waals surface area contributed by atoms with E-state index < -0.39 is 0 Å². The Balaban J connectivity index is 0.00000210. The fourth-order valence-electron chi connectivity index (χ4n) is 2.94. The van der Waals surface area contributed by atoms with Gasteiger partial charge in [0.05, 0.1) is 25.4 Å². The number of aromatic nitrogens is 2. The molecule has 27 heavy (non-hydrogen) atoms. The van der Waals surface area contributed by atoms with Crippen molar-refractivity contribution in [3.63, 3.8) is 0 Å². The van der Waals surface area contributed by atoms with Crippen molar-refractivity contribution in [1.82, 2.24) is 9.97 Å². The van der Waals surface area contributed by atoms with E-state index in [1.54, 1.807) is 26.4 Å². The van der Waals surface area contributed by atoms with E-state index in [4.69, 9.17) is 9.47 Å². The van der Waals surface area contributed by atoms with Crippen molar-refractivity contribution >= 4 is 33.2 Å². The van der Waals surface area contributed by atoms with Gasteiger partial charge in [-0.1, -0.05) is 31.7 Å². The molecule has 0 aliphatic carbocycles. The van der Waals surface area contributed by atoms with Gasteiger partial charge in [0.2, 0.25) is 0 Å². The number of ether oxygens (including phenoxy) is 2. The first-order valence-corrected chi connectivity index (χ1v) is 8.05. The number of rotatable bonds is 4. The lowest BCUT2D eigenvalue weighted by molar-refractivity contribution is 0.356. The van der Waals surface area contributed by atoms with Gasteiger partial charge in [0.15, 0.2) is 11.5 Å². The minimum atomic E-state index is 0. The van der Waals surface area contributed by atoms with Crippen LogP contribution in [0.5, 0.6) is 17.2 Å². The highest BCUT2D eigenvalue weighted by atomic mass is 16.5. The first kappa shape index (κ1) is 18.3. The van der Waals surface area contributed by atoms with E-state index >= 15 is 0 Å². The van der Waals surface area contributed by atoms with Crippen LogP contribution in [-0.4, -0.2) is 29.3 Å². The number of nitrogens with one attached hydrogen (secondary N) is 1. The largest absolute Gasteiger partial charge is 0.506 e. The maximum atomic E-state index is 10.4. The summed E-state index contributed by atoms with van der Waals surface area (Å²) in [6.07, 6.45) is 1.47. The van der Waals surface area contributed by atoms with Crippen LogP contribution in [-0.2, 0) is 0 Å². The molecule has 6 heteroatoms. The molecule has 6 nitrogen and oxygen atoms in total. The predicted molar refractivity (Wildman–Crippen MR) is 108 cm³/mol. The van der Waals surface area contributed by atoms with E-state index in [9.17, 15) is 5.11 Å². The van der Waals surface area contributed by atoms with Gasteiger partial charge in [-0.3, -0.25) is 0 Å². The molecule has 1 heterocycles. The molecule has 0 aliphatic rings. The number of hydrogen-bond acceptors (Lipinski definition) is 6. The van der Waals surface area contributed by atoms with Gasteiger partial charge in [0.1, 0.15) is 17.9 Å². The summed E-state index contributed by atoms with van der Waals surface area (Å²) < 4.78 is 10.7. The van der Waals surface area contributed by atoms with E-state index in [2.05, 4.69) is 15.3 Å². The number of benzene rings is 3. The molecule has 4 rings (SSSR count). The molecule has 0 bridgehead atoms. The summed E-state index contributed by atoms with van der Waals surface area (Å²) in [6, 6.07) is 15.1. The third-order valence-corrected chi connectivity index (χ3v) is 4.26. The Morgan fingerprint density at radius 2 is 1.56 bits per heavy atom. The van der Waals surface area contributed by atoms with Crippen LogP contribution in [0, 0.1) is 0 Å². The van der Waals surface area contributed by atoms with Gasteiger partial charge in [-0.2, -0.15) is 0 Å². The zero-order valence-electron chi connectivity index (χ0n) is 14.4. The van der Waals surface area contributed by atoms with Crippen molar-refractivity contribution in [2.75, 3.05) is 19.5 Å². The van der Waals surface area contributed by atoms with Crippen molar-refractivity contribution in [2.45, 2.75) is 7.43 Å². The highest BCUT2D eigenvalue weighted by Gasteiger charge is 2.12. The molecule has 2 N–H and O–H groups in total. The predicted octanol–water partition coefficient (Wildman–Crippen LogP) is 4.89. The molecule has 0 atom stereocenters. The van der Waals surface area contributed by atoms with Crippen LogP contribution in [0.25, 0.3) is 21.7 Å². The molecule has 0 spiro atoms. The van der Waals surface area contributed by atoms with Gasteiger partial charge < -0.3 is 19.9 Å². The van der Waals surface area contributed by atoms with Crippen molar-refractivity contribution in [3.8, 4) is 17.2 Å². The van der Waals surface area contributed by atoms with Crippen LogP contribution in [0.3, 0.4) is 0 Å². The number of fused-ring (bicyclic) bond motifs is 2. The summed E-state index contributed by atoms with van der Waals surface area (Å²) in [5, 5.41) is 16.3. The van der Waals surface area contributed by atoms with Gasteiger partial charge in [-0.25, -0.2) is 9.97 Å². The first-order valence-electron chi connectivity index (χ1n) is 8.05. The quantitative estimate of drug-likeness (QED) is 0.503. The van der Waals surface area contributed by atoms with Crippen molar-refractivity contribution < 1.29 is 14.6 Å². The third kappa shape index (κ3) is 3.29. The Kier molecular flexibility index (Phi) is 4.98. The van der Waals surface area contributed by atoms with Crippen molar-refractivity contribution in [2.24, 2.45) is 0 Å². The minimum Gasteiger partial charge on any atom is -0.506 e. The Hall–Kier alpha value is -3.54. The highest BCUT2D eigenvalue weighted by molar-refractivity contribution is 5.95. The zero-order valence-corrected chi connectivity index (χ0v) is 14.4. The number of aromatic hydroxyl groups is 1. The minimum absolute atomic E-state index is 0. The highest BCUT2D eigenvalue weighted by Crippen LogP contribution is 2.36. The molecule has 0 fully saturated rings. The lowest BCUT2D eigenvalue weighted by Gasteiger charge is -2.13. The van der Waals surface area contributed by atoms with Crippen LogP contribution >= 0.6 is 0 Å². The fraction of sp³-hybridized carbons (Fsp3) is 0.143. The second kappa shape index (κ2) is 7.37. The third-order valence-electron chi connectivity index (χ3n) is 4.26. The van der Waals surface area contributed by atoms with Crippen LogP contribution in [0.1, 0.15) is 7.43 Å². The Morgan fingerprint density at radius 3 is 2.26 bits per heavy atom. The van der Waals surface area contributed by atoms with Crippen molar-refractivity contribution in [1.29, 1.82) is 0 Å². The molecular formula is C21H21N3O3. The fourth-order valence-corrected chi connectivity index (χ4v) is 2.94. The second-order valence-electron chi connectivity index (χ2n) is 5.79. The molecule has 0 saturated heterocycles. The molecule has 4 aromatic rings. The lowest BCUT2D eigenvalue weighted by atomic mass is 10.1. The Bertz CT molecular complexity index is 1110. The molecule has 1 aromatic heterocycles. The summed E-state index contributed by atoms with van der Waals surface area (Å²) in [5.74, 6) is 1.90. The molecule has 0 saturated carbocycles. The van der Waals surface area contributed by atoms with Gasteiger partial charge >= 0.3 is 0 Å². The van der Waals surface area contributed by atoms with E-state index in [1.165, 1.54) is 6.33 Å². The maximum absolute atomic E-state index is 10.4. The average molecular weight is 363 g/mol. The van der Waals surface area contributed by atoms with Crippen molar-refractivity contribution in [3.05, 3.63) is 54.9 Å². The Labute approximate surface area is 157 Å². The molecular weight excluding hydrogens is 342 g/mol. The summed E-state index contributed by atoms with van der Waals surface area (Å²) in [6.45, 7) is 0. The SMILES string of the molecule is C.COc1cc2ncnc(Nc3cc4ccccc4cc3O)c2cc1OC. The number of phenols is 1. The molecule has 0 unspecified atom stereocenters. The van der Waals surface area contributed by atoms with Crippen LogP contribution in [0.15, 0.2) is 54.9 Å². The van der Waals surface area contributed by atoms with Crippen LogP contribution in [0.2, 0.25) is 0 Å². The first-order chi connectivity index (χ1) is 12.7. The Morgan fingerprint density at radius 1 is 0.889 bits per heavy atom. The molecule has 0 radical (unpaired) electrons. The topological polar surface area (TPSA) is 76.5 Å². The number of phenolic OH excluding ortho intramolecular Hbond substituents is 1. The van der Waals surface area contributed by atoms with E-state index in [1.807, 2.05) is 36.4 Å². The van der Waals surface area contributed by atoms with E-state index in [-0.39, 0.29) is 13.2 Å². The molecule has 0 amide bonds. The van der Waals surface area contributed by atoms with E-state index in [0.717, 1.165) is 16.2 Å². The number of methoxy groups -OCH3 is 2. The standard InChI is InChI=1S/C20H17N3O3.CH4/c1-25-18-9-14-15(10-19(18)26-2)21-11-22-20(14)23-16-7-12-5-3-4-6-13(12)8-17(16)24;/h3-11,24H,1-2H3,(H,21,22,23);1H4. The van der Waals surface area contributed by atoms with Crippen LogP contribution in [0.4, 0.5) is 11.5 Å². The summed E-state index contributed by atoms with van der Waals surface area (Å²) >= 11 is 0. The molecule has 0 aliphatic heterocycles. The smallest absolute Gasteiger partial charge is 0.162 e. The summed E-state index contributed by atoms with van der Waals surface area (Å²) in [4.78, 5) is 8.62. The normalized spacial score (nSPS) is 10.4. The summed E-state index contributed by atoms with van der Waals surface area (Å²) in [7, 11) is 3.16. The lowest BCUT2D eigenvalue weighted by Crippen LogP contribution is -1.98. The monoisotopic (exact) mass is 363 g/mol. The number of anilines is 2. The number of hydrogen-bond donors (Lipinski definition) is 2. The summed E-state index contributed by atoms with van der Waals surface area (Å²) in [5.41, 5.74) is 1.28. The van der Waals surface area contributed by atoms with E-state index in [0.29, 0.717) is 28.5 Å². The van der Waals surface area contributed by atoms with Gasteiger partial charge in [-0.15, -0.1) is 0 Å². The maximum Gasteiger partial charge on any atom is 0.162 e. The average Bonchev–Trinajstić information content (AvgIpc) is 2.67. The molecule has 3 aromatic carbocycles. The van der Waals surface area contributed by atoms with Gasteiger partial charge in [0, 0.05) is 11.5 Å².